The van der Waals surface area contributed by atoms with Gasteiger partial charge in [-0.2, -0.15) is 0 Å². The van der Waals surface area contributed by atoms with Crippen LogP contribution in [0.1, 0.15) is 31.2 Å². The van der Waals surface area contributed by atoms with E-state index in [0.29, 0.717) is 10.0 Å². The van der Waals surface area contributed by atoms with Crippen LogP contribution < -0.4 is 0 Å². The molecule has 0 amide bonds. The van der Waals surface area contributed by atoms with Crippen LogP contribution in [-0.2, 0) is 5.41 Å². The Bertz CT molecular complexity index is 464. The minimum Gasteiger partial charge on any atom is -0.396 e. The molecule has 2 nitrogen and oxygen atoms in total. The summed E-state index contributed by atoms with van der Waals surface area (Å²) < 4.78 is 0. The zero-order chi connectivity index (χ0) is 14.8. The van der Waals surface area contributed by atoms with Gasteiger partial charge in [0.25, 0.3) is 0 Å². The molecule has 0 heterocycles. The molecule has 4 heteroatoms. The van der Waals surface area contributed by atoms with Gasteiger partial charge in [0.05, 0.1) is 10.0 Å². The van der Waals surface area contributed by atoms with Gasteiger partial charge >= 0.3 is 0 Å². The normalized spacial score (nSPS) is 27.0. The first-order chi connectivity index (χ1) is 9.49. The summed E-state index contributed by atoms with van der Waals surface area (Å²) in [4.78, 5) is 2.20. The molecule has 0 aliphatic heterocycles. The van der Waals surface area contributed by atoms with Gasteiger partial charge in [-0.15, -0.1) is 0 Å². The minimum absolute atomic E-state index is 0.0231. The molecule has 1 N–H and O–H groups in total. The average molecular weight is 316 g/mol. The second kappa shape index (κ2) is 6.65. The molecule has 1 aromatic rings. The molecule has 1 aliphatic carbocycles. The fourth-order valence-corrected chi connectivity index (χ4v) is 3.93. The predicted octanol–water partition coefficient (Wildman–Crippen LogP) is 3.98. The first-order valence-electron chi connectivity index (χ1n) is 7.21. The van der Waals surface area contributed by atoms with Gasteiger partial charge in [0.15, 0.2) is 0 Å². The molecule has 1 aliphatic rings. The smallest absolute Gasteiger partial charge is 0.0595 e. The SMILES string of the molecule is CN(C)C[C@]1(c2ccc(Cl)c(Cl)c2)CCCCC1CO. The van der Waals surface area contributed by atoms with Crippen molar-refractivity contribution in [1.29, 1.82) is 0 Å². The summed E-state index contributed by atoms with van der Waals surface area (Å²) in [7, 11) is 4.17. The van der Waals surface area contributed by atoms with Gasteiger partial charge in [-0.25, -0.2) is 0 Å². The van der Waals surface area contributed by atoms with E-state index in [1.807, 2.05) is 12.1 Å². The standard InChI is InChI=1S/C16H23Cl2NO/c1-19(2)11-16(8-4-3-5-13(16)10-20)12-6-7-14(17)15(18)9-12/h6-7,9,13,20H,3-5,8,10-11H2,1-2H3/t13?,16-/m0/s1. The molecule has 0 radical (unpaired) electrons. The average Bonchev–Trinajstić information content (AvgIpc) is 2.41. The molecular formula is C16H23Cl2NO. The van der Waals surface area contributed by atoms with Crippen molar-refractivity contribution in [2.24, 2.45) is 5.92 Å². The molecule has 1 fully saturated rings. The van der Waals surface area contributed by atoms with Crippen LogP contribution in [0.25, 0.3) is 0 Å². The molecule has 1 saturated carbocycles. The van der Waals surface area contributed by atoms with Crippen LogP contribution in [0.4, 0.5) is 0 Å². The molecular weight excluding hydrogens is 293 g/mol. The number of likely N-dealkylation sites (N-methyl/N-ethyl adjacent to an activating group) is 1. The zero-order valence-electron chi connectivity index (χ0n) is 12.2. The summed E-state index contributed by atoms with van der Waals surface area (Å²) in [6.45, 7) is 1.16. The second-order valence-corrected chi connectivity index (χ2v) is 6.96. The van der Waals surface area contributed by atoms with E-state index in [1.54, 1.807) is 0 Å². The summed E-state index contributed by atoms with van der Waals surface area (Å²) in [5.74, 6) is 0.288. The maximum absolute atomic E-state index is 9.85. The van der Waals surface area contributed by atoms with Crippen molar-refractivity contribution in [3.05, 3.63) is 33.8 Å². The zero-order valence-corrected chi connectivity index (χ0v) is 13.7. The lowest BCUT2D eigenvalue weighted by Gasteiger charge is -2.46. The quantitative estimate of drug-likeness (QED) is 0.908. The van der Waals surface area contributed by atoms with Gasteiger partial charge in [0.2, 0.25) is 0 Å². The first-order valence-corrected chi connectivity index (χ1v) is 7.96. The van der Waals surface area contributed by atoms with Crippen LogP contribution in [0, 0.1) is 5.92 Å². The summed E-state index contributed by atoms with van der Waals surface area (Å²) in [6.07, 6.45) is 4.56. The summed E-state index contributed by atoms with van der Waals surface area (Å²) >= 11 is 12.3. The van der Waals surface area contributed by atoms with Crippen LogP contribution in [-0.4, -0.2) is 37.3 Å². The van der Waals surface area contributed by atoms with E-state index >= 15 is 0 Å². The van der Waals surface area contributed by atoms with Gasteiger partial charge in [0.1, 0.15) is 0 Å². The molecule has 0 aromatic heterocycles. The third-order valence-electron chi connectivity index (χ3n) is 4.52. The van der Waals surface area contributed by atoms with Crippen molar-refractivity contribution in [2.45, 2.75) is 31.1 Å². The topological polar surface area (TPSA) is 23.5 Å². The lowest BCUT2D eigenvalue weighted by atomic mass is 9.62. The second-order valence-electron chi connectivity index (χ2n) is 6.15. The largest absolute Gasteiger partial charge is 0.396 e. The number of rotatable bonds is 4. The monoisotopic (exact) mass is 315 g/mol. The van der Waals surface area contributed by atoms with Crippen molar-refractivity contribution in [3.63, 3.8) is 0 Å². The number of halogens is 2. The number of hydrogen-bond donors (Lipinski definition) is 1. The predicted molar refractivity (Wildman–Crippen MR) is 85.7 cm³/mol. The number of aliphatic hydroxyl groups excluding tert-OH is 1. The highest BCUT2D eigenvalue weighted by Gasteiger charge is 2.42. The Labute approximate surface area is 131 Å². The van der Waals surface area contributed by atoms with Gasteiger partial charge in [-0.05, 0) is 50.6 Å². The molecule has 1 aromatic carbocycles. The van der Waals surface area contributed by atoms with E-state index < -0.39 is 0 Å². The Balaban J connectivity index is 2.46. The van der Waals surface area contributed by atoms with Crippen molar-refractivity contribution >= 4 is 23.2 Å². The molecule has 20 heavy (non-hydrogen) atoms. The fraction of sp³-hybridized carbons (Fsp3) is 0.625. The highest BCUT2D eigenvalue weighted by molar-refractivity contribution is 6.42. The van der Waals surface area contributed by atoms with E-state index in [1.165, 1.54) is 18.4 Å². The van der Waals surface area contributed by atoms with Crippen molar-refractivity contribution < 1.29 is 5.11 Å². The maximum Gasteiger partial charge on any atom is 0.0595 e. The Hall–Kier alpha value is -0.280. The third-order valence-corrected chi connectivity index (χ3v) is 5.26. The van der Waals surface area contributed by atoms with Gasteiger partial charge in [0, 0.05) is 18.6 Å². The molecule has 112 valence electrons. The fourth-order valence-electron chi connectivity index (χ4n) is 3.63. The molecule has 2 rings (SSSR count). The van der Waals surface area contributed by atoms with Crippen LogP contribution in [0.5, 0.6) is 0 Å². The summed E-state index contributed by atoms with van der Waals surface area (Å²) in [6, 6.07) is 5.94. The first kappa shape index (κ1) is 16.1. The minimum atomic E-state index is -0.0231. The van der Waals surface area contributed by atoms with E-state index in [4.69, 9.17) is 23.2 Å². The summed E-state index contributed by atoms with van der Waals surface area (Å²) in [5, 5.41) is 11.0. The lowest BCUT2D eigenvalue weighted by molar-refractivity contribution is 0.0822. The third kappa shape index (κ3) is 3.14. The van der Waals surface area contributed by atoms with Gasteiger partial charge in [-0.3, -0.25) is 0 Å². The Morgan fingerprint density at radius 2 is 2.00 bits per heavy atom. The molecule has 0 spiro atoms. The highest BCUT2D eigenvalue weighted by atomic mass is 35.5. The van der Waals surface area contributed by atoms with Crippen LogP contribution in [0.3, 0.4) is 0 Å². The van der Waals surface area contributed by atoms with Gasteiger partial charge < -0.3 is 10.0 Å². The van der Waals surface area contributed by atoms with E-state index in [-0.39, 0.29) is 17.9 Å². The summed E-state index contributed by atoms with van der Waals surface area (Å²) in [5.41, 5.74) is 1.18. The lowest BCUT2D eigenvalue weighted by Crippen LogP contribution is -2.47. The molecule has 0 bridgehead atoms. The molecule has 0 saturated heterocycles. The van der Waals surface area contributed by atoms with Crippen LogP contribution in [0.2, 0.25) is 10.0 Å². The number of benzene rings is 1. The van der Waals surface area contributed by atoms with Crippen molar-refractivity contribution in [3.8, 4) is 0 Å². The Kier molecular flexibility index (Phi) is 5.36. The highest BCUT2D eigenvalue weighted by Crippen LogP contribution is 2.45. The number of hydrogen-bond acceptors (Lipinski definition) is 2. The van der Waals surface area contributed by atoms with E-state index in [9.17, 15) is 5.11 Å². The number of nitrogens with zero attached hydrogens (tertiary/aromatic N) is 1. The van der Waals surface area contributed by atoms with E-state index in [2.05, 4.69) is 25.1 Å². The van der Waals surface area contributed by atoms with Crippen molar-refractivity contribution in [1.82, 2.24) is 4.90 Å². The molecule has 2 atom stereocenters. The molecule has 1 unspecified atom stereocenters. The van der Waals surface area contributed by atoms with Gasteiger partial charge in [-0.1, -0.05) is 42.1 Å². The maximum atomic E-state index is 9.85. The van der Waals surface area contributed by atoms with E-state index in [0.717, 1.165) is 19.4 Å². The van der Waals surface area contributed by atoms with Crippen molar-refractivity contribution in [2.75, 3.05) is 27.2 Å². The van der Waals surface area contributed by atoms with Crippen LogP contribution in [0.15, 0.2) is 18.2 Å². The number of aliphatic hydroxyl groups is 1. The Morgan fingerprint density at radius 1 is 1.25 bits per heavy atom. The Morgan fingerprint density at radius 3 is 2.60 bits per heavy atom. The van der Waals surface area contributed by atoms with Crippen LogP contribution >= 0.6 is 23.2 Å².